The van der Waals surface area contributed by atoms with E-state index < -0.39 is 0 Å². The van der Waals surface area contributed by atoms with Crippen molar-refractivity contribution in [1.29, 1.82) is 0 Å². The van der Waals surface area contributed by atoms with Crippen LogP contribution in [0.2, 0.25) is 0 Å². The molecule has 1 fully saturated rings. The minimum atomic E-state index is 0. The molecule has 3 heteroatoms. The van der Waals surface area contributed by atoms with Gasteiger partial charge in [0.15, 0.2) is 0 Å². The van der Waals surface area contributed by atoms with Crippen LogP contribution in [0.25, 0.3) is 10.8 Å². The fraction of sp³-hybridized carbons (Fsp3) is 0.375. The summed E-state index contributed by atoms with van der Waals surface area (Å²) < 4.78 is 5.36. The predicted molar refractivity (Wildman–Crippen MR) is 82.1 cm³/mol. The van der Waals surface area contributed by atoms with Gasteiger partial charge >= 0.3 is 0 Å². The zero-order chi connectivity index (χ0) is 12.4. The molecule has 0 radical (unpaired) electrons. The highest BCUT2D eigenvalue weighted by molar-refractivity contribution is 5.87. The van der Waals surface area contributed by atoms with Gasteiger partial charge in [0.1, 0.15) is 0 Å². The second kappa shape index (κ2) is 6.38. The Labute approximate surface area is 120 Å². The molecule has 1 saturated heterocycles. The molecule has 2 nitrogen and oxygen atoms in total. The molecule has 0 saturated carbocycles. The van der Waals surface area contributed by atoms with E-state index in [0.717, 1.165) is 13.1 Å². The van der Waals surface area contributed by atoms with Crippen LogP contribution in [0.3, 0.4) is 0 Å². The van der Waals surface area contributed by atoms with Crippen LogP contribution in [0.5, 0.6) is 0 Å². The van der Waals surface area contributed by atoms with E-state index in [4.69, 9.17) is 4.74 Å². The van der Waals surface area contributed by atoms with Crippen LogP contribution >= 0.6 is 12.4 Å². The van der Waals surface area contributed by atoms with Crippen molar-refractivity contribution in [2.45, 2.75) is 18.9 Å². The maximum atomic E-state index is 5.36. The summed E-state index contributed by atoms with van der Waals surface area (Å²) in [6.07, 6.45) is 1.23. The first-order valence-electron chi connectivity index (χ1n) is 6.60. The standard InChI is InChI=1S/C16H19NO.ClH/c1-18-11-14-7-6-12-4-2-3-5-15(12)16(14)13-8-9-17-10-13;/h2-7,13,17H,8-11H2,1H3;1H. The van der Waals surface area contributed by atoms with Crippen molar-refractivity contribution in [3.8, 4) is 0 Å². The van der Waals surface area contributed by atoms with Gasteiger partial charge in [-0.25, -0.2) is 0 Å². The van der Waals surface area contributed by atoms with E-state index in [1.165, 1.54) is 28.3 Å². The summed E-state index contributed by atoms with van der Waals surface area (Å²) in [6.45, 7) is 2.92. The van der Waals surface area contributed by atoms with E-state index in [2.05, 4.69) is 41.7 Å². The normalized spacial score (nSPS) is 18.5. The monoisotopic (exact) mass is 277 g/mol. The highest BCUT2D eigenvalue weighted by Crippen LogP contribution is 2.33. The molecule has 19 heavy (non-hydrogen) atoms. The predicted octanol–water partition coefficient (Wildman–Crippen LogP) is 3.48. The fourth-order valence-corrected chi connectivity index (χ4v) is 3.01. The number of benzene rings is 2. The number of nitrogens with one attached hydrogen (secondary N) is 1. The van der Waals surface area contributed by atoms with Gasteiger partial charge in [-0.1, -0.05) is 36.4 Å². The van der Waals surface area contributed by atoms with Gasteiger partial charge in [-0.05, 0) is 40.8 Å². The molecular weight excluding hydrogens is 258 g/mol. The van der Waals surface area contributed by atoms with E-state index in [1.807, 2.05) is 0 Å². The second-order valence-corrected chi connectivity index (χ2v) is 4.98. The minimum absolute atomic E-state index is 0. The molecule has 1 atom stereocenters. The minimum Gasteiger partial charge on any atom is -0.380 e. The van der Waals surface area contributed by atoms with Crippen LogP contribution < -0.4 is 5.32 Å². The molecule has 1 heterocycles. The summed E-state index contributed by atoms with van der Waals surface area (Å²) in [7, 11) is 1.77. The Morgan fingerprint density at radius 3 is 2.79 bits per heavy atom. The number of hydrogen-bond acceptors (Lipinski definition) is 2. The van der Waals surface area contributed by atoms with Gasteiger partial charge in [0.2, 0.25) is 0 Å². The SMILES string of the molecule is COCc1ccc2ccccc2c1C1CCNC1.Cl. The van der Waals surface area contributed by atoms with E-state index >= 15 is 0 Å². The molecular formula is C16H20ClNO. The molecule has 0 bridgehead atoms. The lowest BCUT2D eigenvalue weighted by molar-refractivity contribution is 0.184. The highest BCUT2D eigenvalue weighted by Gasteiger charge is 2.21. The molecule has 2 aromatic rings. The summed E-state index contributed by atoms with van der Waals surface area (Å²) in [6, 6.07) is 13.1. The number of methoxy groups -OCH3 is 1. The molecule has 1 aliphatic heterocycles. The quantitative estimate of drug-likeness (QED) is 0.927. The molecule has 102 valence electrons. The number of halogens is 1. The van der Waals surface area contributed by atoms with Gasteiger partial charge in [-0.2, -0.15) is 0 Å². The summed E-state index contributed by atoms with van der Waals surface area (Å²) in [5.41, 5.74) is 2.82. The molecule has 3 rings (SSSR count). The largest absolute Gasteiger partial charge is 0.380 e. The molecule has 0 amide bonds. The average molecular weight is 278 g/mol. The zero-order valence-corrected chi connectivity index (χ0v) is 12.0. The topological polar surface area (TPSA) is 21.3 Å². The summed E-state index contributed by atoms with van der Waals surface area (Å²) in [5.74, 6) is 0.626. The lowest BCUT2D eigenvalue weighted by Crippen LogP contribution is -2.10. The molecule has 1 aliphatic rings. The van der Waals surface area contributed by atoms with Crippen molar-refractivity contribution in [2.24, 2.45) is 0 Å². The van der Waals surface area contributed by atoms with E-state index in [9.17, 15) is 0 Å². The van der Waals surface area contributed by atoms with Crippen molar-refractivity contribution in [1.82, 2.24) is 5.32 Å². The third kappa shape index (κ3) is 2.76. The lowest BCUT2D eigenvalue weighted by Gasteiger charge is -2.17. The van der Waals surface area contributed by atoms with Crippen LogP contribution in [-0.2, 0) is 11.3 Å². The van der Waals surface area contributed by atoms with Gasteiger partial charge in [0.25, 0.3) is 0 Å². The molecule has 1 unspecified atom stereocenters. The van der Waals surface area contributed by atoms with Crippen LogP contribution in [0, 0.1) is 0 Å². The van der Waals surface area contributed by atoms with Crippen molar-refractivity contribution < 1.29 is 4.74 Å². The number of fused-ring (bicyclic) bond motifs is 1. The van der Waals surface area contributed by atoms with Crippen LogP contribution in [0.4, 0.5) is 0 Å². The maximum Gasteiger partial charge on any atom is 0.0716 e. The fourth-order valence-electron chi connectivity index (χ4n) is 3.01. The van der Waals surface area contributed by atoms with Gasteiger partial charge in [0.05, 0.1) is 6.61 Å². The van der Waals surface area contributed by atoms with E-state index in [1.54, 1.807) is 7.11 Å². The lowest BCUT2D eigenvalue weighted by atomic mass is 9.89. The van der Waals surface area contributed by atoms with Gasteiger partial charge in [-0.15, -0.1) is 12.4 Å². The van der Waals surface area contributed by atoms with Gasteiger partial charge in [0, 0.05) is 13.7 Å². The Bertz CT molecular complexity index is 549. The first-order valence-corrected chi connectivity index (χ1v) is 6.60. The Hall–Kier alpha value is -1.09. The third-order valence-electron chi connectivity index (χ3n) is 3.83. The van der Waals surface area contributed by atoms with Crippen molar-refractivity contribution >= 4 is 23.2 Å². The summed E-state index contributed by atoms with van der Waals surface area (Å²) in [4.78, 5) is 0. The highest BCUT2D eigenvalue weighted by atomic mass is 35.5. The third-order valence-corrected chi connectivity index (χ3v) is 3.83. The Balaban J connectivity index is 0.00000133. The average Bonchev–Trinajstić information content (AvgIpc) is 2.92. The molecule has 1 N–H and O–H groups in total. The number of rotatable bonds is 3. The molecule has 0 spiro atoms. The van der Waals surface area contributed by atoms with Crippen LogP contribution in [0.1, 0.15) is 23.5 Å². The van der Waals surface area contributed by atoms with Crippen LogP contribution in [-0.4, -0.2) is 20.2 Å². The van der Waals surface area contributed by atoms with Gasteiger partial charge < -0.3 is 10.1 Å². The molecule has 0 aliphatic carbocycles. The Morgan fingerprint density at radius 2 is 2.05 bits per heavy atom. The van der Waals surface area contributed by atoms with Crippen molar-refractivity contribution in [3.63, 3.8) is 0 Å². The van der Waals surface area contributed by atoms with E-state index in [-0.39, 0.29) is 12.4 Å². The smallest absolute Gasteiger partial charge is 0.0716 e. The maximum absolute atomic E-state index is 5.36. The van der Waals surface area contributed by atoms with Crippen LogP contribution in [0.15, 0.2) is 36.4 Å². The summed E-state index contributed by atoms with van der Waals surface area (Å²) in [5, 5.41) is 6.19. The molecule has 0 aromatic heterocycles. The zero-order valence-electron chi connectivity index (χ0n) is 11.2. The number of hydrogen-bond donors (Lipinski definition) is 1. The van der Waals surface area contributed by atoms with Crippen molar-refractivity contribution in [2.75, 3.05) is 20.2 Å². The Morgan fingerprint density at radius 1 is 1.21 bits per heavy atom. The van der Waals surface area contributed by atoms with E-state index in [0.29, 0.717) is 12.5 Å². The van der Waals surface area contributed by atoms with Crippen molar-refractivity contribution in [3.05, 3.63) is 47.5 Å². The first kappa shape index (κ1) is 14.3. The van der Waals surface area contributed by atoms with Gasteiger partial charge in [-0.3, -0.25) is 0 Å². The molecule has 2 aromatic carbocycles. The number of ether oxygens (including phenoxy) is 1. The first-order chi connectivity index (χ1) is 8.90. The Kier molecular flexibility index (Phi) is 4.81. The second-order valence-electron chi connectivity index (χ2n) is 4.98. The summed E-state index contributed by atoms with van der Waals surface area (Å²) >= 11 is 0.